The van der Waals surface area contributed by atoms with E-state index >= 15 is 0 Å². The molecule has 0 amide bonds. The van der Waals surface area contributed by atoms with E-state index < -0.39 is 5.82 Å². The highest BCUT2D eigenvalue weighted by Crippen LogP contribution is 2.31. The van der Waals surface area contributed by atoms with Crippen molar-refractivity contribution in [2.75, 3.05) is 40.5 Å². The molecule has 3 aromatic heterocycles. The van der Waals surface area contributed by atoms with Gasteiger partial charge < -0.3 is 14.4 Å². The molecule has 2 aliphatic heterocycles. The Morgan fingerprint density at radius 2 is 2.00 bits per heavy atom. The fourth-order valence-electron chi connectivity index (χ4n) is 4.67. The summed E-state index contributed by atoms with van der Waals surface area (Å²) in [5.41, 5.74) is 4.61. The van der Waals surface area contributed by atoms with Crippen LogP contribution in [0.5, 0.6) is 5.88 Å². The third kappa shape index (κ3) is 4.14. The molecule has 9 heteroatoms. The van der Waals surface area contributed by atoms with Crippen molar-refractivity contribution >= 4 is 0 Å². The van der Waals surface area contributed by atoms with E-state index in [9.17, 15) is 4.39 Å². The number of aromatic nitrogens is 5. The smallest absolute Gasteiger partial charge is 0.250 e. The van der Waals surface area contributed by atoms with Crippen LogP contribution >= 0.6 is 0 Å². The highest BCUT2D eigenvalue weighted by molar-refractivity contribution is 5.64. The Kier molecular flexibility index (Phi) is 5.93. The molecule has 0 bridgehead atoms. The Hall–Kier alpha value is -2.78. The molecule has 1 saturated heterocycles. The minimum Gasteiger partial charge on any atom is -0.479 e. The van der Waals surface area contributed by atoms with Crippen molar-refractivity contribution in [3.63, 3.8) is 0 Å². The van der Waals surface area contributed by atoms with E-state index in [-0.39, 0.29) is 5.88 Å². The molecule has 5 rings (SSSR count). The number of fused-ring (bicyclic) bond motifs is 1. The quantitative estimate of drug-likeness (QED) is 0.608. The van der Waals surface area contributed by atoms with Crippen LogP contribution in [0.4, 0.5) is 4.39 Å². The second-order valence-electron chi connectivity index (χ2n) is 8.68. The van der Waals surface area contributed by atoms with Crippen molar-refractivity contribution in [2.24, 2.45) is 5.92 Å². The second-order valence-corrected chi connectivity index (χ2v) is 8.68. The van der Waals surface area contributed by atoms with Gasteiger partial charge in [0, 0.05) is 36.4 Å². The van der Waals surface area contributed by atoms with Gasteiger partial charge in [0.15, 0.2) is 5.82 Å². The first-order valence-corrected chi connectivity index (χ1v) is 11.2. The number of hydrogen-bond acceptors (Lipinski definition) is 6. The van der Waals surface area contributed by atoms with Crippen LogP contribution in [-0.4, -0.2) is 69.9 Å². The molecular weight excluding hydrogens is 411 g/mol. The molecule has 0 spiro atoms. The maximum atomic E-state index is 14.4. The van der Waals surface area contributed by atoms with Crippen LogP contribution in [0.15, 0.2) is 24.7 Å². The molecule has 0 N–H and O–H groups in total. The van der Waals surface area contributed by atoms with E-state index in [0.717, 1.165) is 48.6 Å². The molecule has 0 unspecified atom stereocenters. The van der Waals surface area contributed by atoms with E-state index in [1.54, 1.807) is 10.9 Å². The summed E-state index contributed by atoms with van der Waals surface area (Å²) in [5.74, 6) is 0.118. The van der Waals surface area contributed by atoms with Crippen molar-refractivity contribution in [1.82, 2.24) is 29.4 Å². The topological polar surface area (TPSA) is 70.2 Å². The Bertz CT molecular complexity index is 1090. The molecule has 3 aromatic rings. The summed E-state index contributed by atoms with van der Waals surface area (Å²) in [7, 11) is 3.59. The number of likely N-dealkylation sites (tertiary alicyclic amines) is 1. The average molecular weight is 441 g/mol. The zero-order valence-corrected chi connectivity index (χ0v) is 18.6. The van der Waals surface area contributed by atoms with Gasteiger partial charge in [-0.1, -0.05) is 0 Å². The first-order valence-electron chi connectivity index (χ1n) is 11.2. The van der Waals surface area contributed by atoms with Gasteiger partial charge in [-0.15, -0.1) is 0 Å². The predicted molar refractivity (Wildman–Crippen MR) is 118 cm³/mol. The van der Waals surface area contributed by atoms with E-state index in [1.165, 1.54) is 26.0 Å². The van der Waals surface area contributed by atoms with Gasteiger partial charge in [-0.05, 0) is 45.3 Å². The van der Waals surface area contributed by atoms with E-state index in [2.05, 4.69) is 28.2 Å². The first kappa shape index (κ1) is 21.1. The predicted octanol–water partition coefficient (Wildman–Crippen LogP) is 2.74. The van der Waals surface area contributed by atoms with E-state index in [1.807, 2.05) is 10.9 Å². The zero-order chi connectivity index (χ0) is 22.1. The van der Waals surface area contributed by atoms with Gasteiger partial charge in [-0.2, -0.15) is 10.2 Å². The summed E-state index contributed by atoms with van der Waals surface area (Å²) in [6, 6.07) is 1.41. The molecule has 1 fully saturated rings. The van der Waals surface area contributed by atoms with Crippen LogP contribution in [0.1, 0.15) is 24.1 Å². The van der Waals surface area contributed by atoms with Gasteiger partial charge >= 0.3 is 0 Å². The largest absolute Gasteiger partial charge is 0.479 e. The summed E-state index contributed by atoms with van der Waals surface area (Å²) in [4.78, 5) is 6.47. The third-order valence-corrected chi connectivity index (χ3v) is 6.49. The van der Waals surface area contributed by atoms with Gasteiger partial charge in [0.25, 0.3) is 0 Å². The average Bonchev–Trinajstić information content (AvgIpc) is 3.32. The summed E-state index contributed by atoms with van der Waals surface area (Å²) in [5, 5.41) is 9.52. The maximum absolute atomic E-state index is 14.4. The molecule has 0 saturated carbocycles. The third-order valence-electron chi connectivity index (χ3n) is 6.49. The second kappa shape index (κ2) is 8.99. The lowest BCUT2D eigenvalue weighted by atomic mass is 9.97. The van der Waals surface area contributed by atoms with Gasteiger partial charge in [0.2, 0.25) is 5.88 Å². The summed E-state index contributed by atoms with van der Waals surface area (Å²) >= 11 is 0. The Labute approximate surface area is 186 Å². The highest BCUT2D eigenvalue weighted by Gasteiger charge is 2.24. The lowest BCUT2D eigenvalue weighted by molar-refractivity contribution is 0.145. The van der Waals surface area contributed by atoms with Crippen molar-refractivity contribution < 1.29 is 13.9 Å². The molecular formula is C23H29FN6O2. The molecule has 2 aliphatic rings. The first-order chi connectivity index (χ1) is 15.6. The Balaban J connectivity index is 1.47. The lowest BCUT2D eigenvalue weighted by Crippen LogP contribution is -2.31. The number of pyridine rings is 1. The summed E-state index contributed by atoms with van der Waals surface area (Å²) in [6.45, 7) is 4.46. The van der Waals surface area contributed by atoms with Crippen LogP contribution < -0.4 is 4.74 Å². The van der Waals surface area contributed by atoms with Crippen LogP contribution in [0.3, 0.4) is 0 Å². The van der Waals surface area contributed by atoms with Crippen molar-refractivity contribution in [1.29, 1.82) is 0 Å². The molecule has 0 aromatic carbocycles. The minimum absolute atomic E-state index is 0.0225. The number of halogens is 1. The van der Waals surface area contributed by atoms with Crippen LogP contribution in [0.25, 0.3) is 16.9 Å². The number of hydrogen-bond donors (Lipinski definition) is 0. The SMILES string of the molecule is COc1ncc(-n2nc(-c3cnn(CC4CCN(C)CC4)c3)c3c2CCOCC3)cc1F. The standard InChI is InChI=1S/C23H29FN6O2/c1-28-7-3-16(4-8-28)14-29-15-17(12-26-29)22-19-5-9-32-10-6-21(19)30(27-22)18-11-20(24)23(31-2)25-13-18/h11-13,15-16H,3-10,14H2,1-2H3. The van der Waals surface area contributed by atoms with Crippen molar-refractivity contribution in [3.05, 3.63) is 41.7 Å². The van der Waals surface area contributed by atoms with Crippen molar-refractivity contribution in [3.8, 4) is 22.8 Å². The molecule has 5 heterocycles. The molecule has 0 aliphatic carbocycles. The Morgan fingerprint density at radius 3 is 2.78 bits per heavy atom. The van der Waals surface area contributed by atoms with Gasteiger partial charge in [-0.3, -0.25) is 4.68 Å². The number of piperidine rings is 1. The number of rotatable bonds is 5. The van der Waals surface area contributed by atoms with Crippen molar-refractivity contribution in [2.45, 2.75) is 32.2 Å². The fourth-order valence-corrected chi connectivity index (χ4v) is 4.67. The summed E-state index contributed by atoms with van der Waals surface area (Å²) < 4.78 is 28.9. The molecule has 0 radical (unpaired) electrons. The number of nitrogens with zero attached hydrogens (tertiary/aromatic N) is 6. The molecule has 170 valence electrons. The van der Waals surface area contributed by atoms with Gasteiger partial charge in [0.1, 0.15) is 0 Å². The van der Waals surface area contributed by atoms with Crippen LogP contribution in [-0.2, 0) is 24.1 Å². The van der Waals surface area contributed by atoms with Crippen LogP contribution in [0, 0.1) is 11.7 Å². The summed E-state index contributed by atoms with van der Waals surface area (Å²) in [6.07, 6.45) is 9.43. The van der Waals surface area contributed by atoms with Gasteiger partial charge in [-0.25, -0.2) is 14.1 Å². The fraction of sp³-hybridized carbons (Fsp3) is 0.522. The van der Waals surface area contributed by atoms with E-state index in [4.69, 9.17) is 14.6 Å². The molecule has 32 heavy (non-hydrogen) atoms. The normalized spacial score (nSPS) is 17.8. The number of methoxy groups -OCH3 is 1. The Morgan fingerprint density at radius 1 is 1.19 bits per heavy atom. The lowest BCUT2D eigenvalue weighted by Gasteiger charge is -2.28. The highest BCUT2D eigenvalue weighted by atomic mass is 19.1. The monoisotopic (exact) mass is 440 g/mol. The minimum atomic E-state index is -0.508. The molecule has 0 atom stereocenters. The maximum Gasteiger partial charge on any atom is 0.250 e. The molecule has 8 nitrogen and oxygen atoms in total. The number of ether oxygens (including phenoxy) is 2. The zero-order valence-electron chi connectivity index (χ0n) is 18.6. The van der Waals surface area contributed by atoms with Crippen LogP contribution in [0.2, 0.25) is 0 Å². The van der Waals surface area contributed by atoms with Gasteiger partial charge in [0.05, 0.1) is 49.8 Å². The van der Waals surface area contributed by atoms with E-state index in [0.29, 0.717) is 31.2 Å².